The summed E-state index contributed by atoms with van der Waals surface area (Å²) in [4.78, 5) is 0.618. The fraction of sp³-hybridized carbons (Fsp3) is 0.733. The van der Waals surface area contributed by atoms with Crippen LogP contribution in [0.15, 0.2) is 22.6 Å². The molecule has 0 amide bonds. The highest BCUT2D eigenvalue weighted by molar-refractivity contribution is 7.96. The molecule has 2 aliphatic rings. The Kier molecular flexibility index (Phi) is 3.48. The lowest BCUT2D eigenvalue weighted by Gasteiger charge is -2.22. The molecule has 102 valence electrons. The van der Waals surface area contributed by atoms with Gasteiger partial charge >= 0.3 is 0 Å². The summed E-state index contributed by atoms with van der Waals surface area (Å²) in [5.74, 6) is 1.03. The highest BCUT2D eigenvalue weighted by atomic mass is 32.2. The van der Waals surface area contributed by atoms with Gasteiger partial charge in [0.2, 0.25) is 0 Å². The SMILES string of the molecule is CCCCC1C=C2CC1C=C2S(=O)(=O)C(C)(C)C. The second kappa shape index (κ2) is 4.52. The van der Waals surface area contributed by atoms with Crippen molar-refractivity contribution in [3.8, 4) is 0 Å². The van der Waals surface area contributed by atoms with E-state index in [4.69, 9.17) is 0 Å². The average molecular weight is 268 g/mol. The van der Waals surface area contributed by atoms with E-state index in [1.807, 2.05) is 6.08 Å². The Morgan fingerprint density at radius 1 is 1.28 bits per heavy atom. The van der Waals surface area contributed by atoms with Crippen LogP contribution in [-0.2, 0) is 9.84 Å². The number of sulfone groups is 1. The van der Waals surface area contributed by atoms with Gasteiger partial charge in [-0.15, -0.1) is 0 Å². The van der Waals surface area contributed by atoms with E-state index < -0.39 is 14.6 Å². The Bertz CT molecular complexity index is 489. The maximum absolute atomic E-state index is 12.5. The molecule has 2 unspecified atom stereocenters. The van der Waals surface area contributed by atoms with Crippen LogP contribution in [0.5, 0.6) is 0 Å². The van der Waals surface area contributed by atoms with Crippen LogP contribution in [-0.4, -0.2) is 13.2 Å². The quantitative estimate of drug-likeness (QED) is 0.776. The molecule has 18 heavy (non-hydrogen) atoms. The summed E-state index contributed by atoms with van der Waals surface area (Å²) in [7, 11) is -3.16. The first-order valence-electron chi connectivity index (χ1n) is 6.95. The monoisotopic (exact) mass is 268 g/mol. The standard InChI is InChI=1S/C15H24O2S/c1-5-6-7-11-8-13-9-12(11)10-14(13)18(16,17)15(2,3)4/h8,10-12H,5-7,9H2,1-4H3. The minimum atomic E-state index is -3.16. The van der Waals surface area contributed by atoms with Gasteiger partial charge in [0.1, 0.15) is 0 Å². The van der Waals surface area contributed by atoms with Crippen LogP contribution >= 0.6 is 0 Å². The van der Waals surface area contributed by atoms with Gasteiger partial charge in [-0.05, 0) is 51.0 Å². The fourth-order valence-electron chi connectivity index (χ4n) is 2.85. The summed E-state index contributed by atoms with van der Waals surface area (Å²) in [6.07, 6.45) is 8.83. The molecule has 0 aromatic rings. The molecule has 2 bridgehead atoms. The molecular weight excluding hydrogens is 244 g/mol. The average Bonchev–Trinajstić information content (AvgIpc) is 2.83. The van der Waals surface area contributed by atoms with E-state index in [0.717, 1.165) is 12.0 Å². The Morgan fingerprint density at radius 3 is 2.39 bits per heavy atom. The van der Waals surface area contributed by atoms with Gasteiger partial charge in [0.05, 0.1) is 9.65 Å². The van der Waals surface area contributed by atoms with Crippen molar-refractivity contribution in [1.29, 1.82) is 0 Å². The number of allylic oxidation sites excluding steroid dienone is 3. The summed E-state index contributed by atoms with van der Waals surface area (Å²) in [5.41, 5.74) is 1.08. The van der Waals surface area contributed by atoms with E-state index in [1.54, 1.807) is 20.8 Å². The van der Waals surface area contributed by atoms with E-state index in [2.05, 4.69) is 13.0 Å². The largest absolute Gasteiger partial charge is 0.223 e. The van der Waals surface area contributed by atoms with Crippen molar-refractivity contribution >= 4 is 9.84 Å². The third kappa shape index (κ3) is 2.18. The summed E-state index contributed by atoms with van der Waals surface area (Å²) < 4.78 is 24.2. The van der Waals surface area contributed by atoms with E-state index in [0.29, 0.717) is 16.7 Å². The van der Waals surface area contributed by atoms with Crippen molar-refractivity contribution in [2.45, 2.75) is 58.1 Å². The van der Waals surface area contributed by atoms with Gasteiger partial charge in [-0.1, -0.05) is 31.9 Å². The van der Waals surface area contributed by atoms with Crippen molar-refractivity contribution in [1.82, 2.24) is 0 Å². The maximum atomic E-state index is 12.5. The minimum Gasteiger partial charge on any atom is -0.223 e. The molecule has 0 saturated carbocycles. The van der Waals surface area contributed by atoms with Gasteiger partial charge in [-0.3, -0.25) is 0 Å². The lowest BCUT2D eigenvalue weighted by molar-refractivity contribution is 0.462. The molecule has 2 rings (SSSR count). The predicted molar refractivity (Wildman–Crippen MR) is 76.0 cm³/mol. The minimum absolute atomic E-state index is 0.443. The maximum Gasteiger partial charge on any atom is 0.183 e. The first kappa shape index (κ1) is 13.9. The highest BCUT2D eigenvalue weighted by Crippen LogP contribution is 2.48. The second-order valence-electron chi connectivity index (χ2n) is 6.51. The first-order valence-corrected chi connectivity index (χ1v) is 8.43. The van der Waals surface area contributed by atoms with E-state index >= 15 is 0 Å². The Hall–Kier alpha value is -0.570. The third-order valence-corrected chi connectivity index (χ3v) is 6.68. The highest BCUT2D eigenvalue weighted by Gasteiger charge is 2.42. The molecule has 2 nitrogen and oxygen atoms in total. The first-order chi connectivity index (χ1) is 8.27. The Balaban J connectivity index is 2.19. The van der Waals surface area contributed by atoms with Crippen molar-refractivity contribution in [3.05, 3.63) is 22.6 Å². The topological polar surface area (TPSA) is 34.1 Å². The normalized spacial score (nSPS) is 27.3. The van der Waals surface area contributed by atoms with Gasteiger partial charge in [-0.25, -0.2) is 8.42 Å². The summed E-state index contributed by atoms with van der Waals surface area (Å²) in [6.45, 7) is 7.55. The molecule has 3 heteroatoms. The van der Waals surface area contributed by atoms with E-state index in [1.165, 1.54) is 19.3 Å². The van der Waals surface area contributed by atoms with Crippen LogP contribution in [0.2, 0.25) is 0 Å². The van der Waals surface area contributed by atoms with Crippen LogP contribution < -0.4 is 0 Å². The van der Waals surface area contributed by atoms with Gasteiger partial charge in [0.25, 0.3) is 0 Å². The number of hydrogen-bond acceptors (Lipinski definition) is 2. The van der Waals surface area contributed by atoms with E-state index in [9.17, 15) is 8.42 Å². The molecule has 0 aromatic carbocycles. The molecule has 2 aliphatic carbocycles. The Morgan fingerprint density at radius 2 is 1.94 bits per heavy atom. The number of hydrogen-bond donors (Lipinski definition) is 0. The smallest absolute Gasteiger partial charge is 0.183 e. The fourth-order valence-corrected chi connectivity index (χ4v) is 4.36. The van der Waals surface area contributed by atoms with Crippen molar-refractivity contribution in [3.63, 3.8) is 0 Å². The van der Waals surface area contributed by atoms with Crippen molar-refractivity contribution < 1.29 is 8.42 Å². The molecule has 0 saturated heterocycles. The van der Waals surface area contributed by atoms with Gasteiger partial charge in [-0.2, -0.15) is 0 Å². The molecule has 0 aromatic heterocycles. The summed E-state index contributed by atoms with van der Waals surface area (Å²) in [5, 5.41) is 0. The Labute approximate surface area is 111 Å². The zero-order valence-electron chi connectivity index (χ0n) is 11.9. The molecule has 0 aliphatic heterocycles. The van der Waals surface area contributed by atoms with Crippen LogP contribution in [0.25, 0.3) is 0 Å². The zero-order valence-corrected chi connectivity index (χ0v) is 12.7. The zero-order chi connectivity index (χ0) is 13.6. The van der Waals surface area contributed by atoms with E-state index in [-0.39, 0.29) is 0 Å². The van der Waals surface area contributed by atoms with Crippen molar-refractivity contribution in [2.75, 3.05) is 0 Å². The van der Waals surface area contributed by atoms with Crippen molar-refractivity contribution in [2.24, 2.45) is 11.8 Å². The lowest BCUT2D eigenvalue weighted by Crippen LogP contribution is -2.29. The summed E-state index contributed by atoms with van der Waals surface area (Å²) >= 11 is 0. The van der Waals surface area contributed by atoms with Gasteiger partial charge in [0.15, 0.2) is 9.84 Å². The molecular formula is C15H24O2S. The third-order valence-electron chi connectivity index (χ3n) is 4.09. The number of unbranched alkanes of at least 4 members (excludes halogenated alkanes) is 1. The molecule has 2 atom stereocenters. The second-order valence-corrected chi connectivity index (χ2v) is 9.18. The van der Waals surface area contributed by atoms with Gasteiger partial charge in [0, 0.05) is 0 Å². The number of fused-ring (bicyclic) bond motifs is 2. The predicted octanol–water partition coefficient (Wildman–Crippen LogP) is 3.85. The number of rotatable bonds is 4. The molecule has 0 radical (unpaired) electrons. The lowest BCUT2D eigenvalue weighted by atomic mass is 9.91. The molecule has 0 heterocycles. The molecule has 0 N–H and O–H groups in total. The molecule has 0 spiro atoms. The summed E-state index contributed by atoms with van der Waals surface area (Å²) in [6, 6.07) is 0. The van der Waals surface area contributed by atoms with Crippen LogP contribution in [0, 0.1) is 11.8 Å². The molecule has 0 fully saturated rings. The van der Waals surface area contributed by atoms with Crippen LogP contribution in [0.4, 0.5) is 0 Å². The van der Waals surface area contributed by atoms with Crippen LogP contribution in [0.1, 0.15) is 53.4 Å². The van der Waals surface area contributed by atoms with Gasteiger partial charge < -0.3 is 0 Å². The van der Waals surface area contributed by atoms with Crippen LogP contribution in [0.3, 0.4) is 0 Å².